The molecule has 0 atom stereocenters. The predicted molar refractivity (Wildman–Crippen MR) is 83.8 cm³/mol. The standard InChI is InChI=1S/C14H20BrN3O2/c1-4-8-18-14(19)13(15)12(10-17-18)16-7-5-6-9-20-11(2)3/h1,10-11,16H,5-9H2,2-3H3. The highest BCUT2D eigenvalue weighted by molar-refractivity contribution is 9.10. The molecule has 6 heteroatoms. The minimum absolute atomic E-state index is 0.171. The van der Waals surface area contributed by atoms with Gasteiger partial charge in [-0.05, 0) is 42.6 Å². The number of ether oxygens (including phenoxy) is 1. The monoisotopic (exact) mass is 341 g/mol. The average molecular weight is 342 g/mol. The molecule has 0 aliphatic carbocycles. The van der Waals surface area contributed by atoms with Crippen LogP contribution in [0.3, 0.4) is 0 Å². The van der Waals surface area contributed by atoms with Crippen molar-refractivity contribution in [3.05, 3.63) is 21.0 Å². The van der Waals surface area contributed by atoms with E-state index in [0.717, 1.165) is 26.0 Å². The summed E-state index contributed by atoms with van der Waals surface area (Å²) in [4.78, 5) is 11.9. The highest BCUT2D eigenvalue weighted by Crippen LogP contribution is 2.15. The lowest BCUT2D eigenvalue weighted by molar-refractivity contribution is 0.0765. The lowest BCUT2D eigenvalue weighted by Gasteiger charge is -2.10. The number of rotatable bonds is 8. The van der Waals surface area contributed by atoms with E-state index in [1.807, 2.05) is 13.8 Å². The van der Waals surface area contributed by atoms with E-state index in [0.29, 0.717) is 10.2 Å². The summed E-state index contributed by atoms with van der Waals surface area (Å²) in [6.45, 7) is 5.73. The highest BCUT2D eigenvalue weighted by atomic mass is 79.9. The molecule has 0 saturated carbocycles. The number of terminal acetylenes is 1. The number of halogens is 1. The van der Waals surface area contributed by atoms with Crippen LogP contribution in [0.4, 0.5) is 5.69 Å². The Bertz CT molecular complexity index is 520. The Morgan fingerprint density at radius 3 is 2.95 bits per heavy atom. The van der Waals surface area contributed by atoms with Gasteiger partial charge in [0.05, 0.1) is 18.0 Å². The van der Waals surface area contributed by atoms with Crippen LogP contribution in [0.5, 0.6) is 0 Å². The summed E-state index contributed by atoms with van der Waals surface area (Å²) in [5.41, 5.74) is 0.462. The van der Waals surface area contributed by atoms with Gasteiger partial charge in [0, 0.05) is 13.2 Å². The maximum Gasteiger partial charge on any atom is 0.284 e. The fourth-order valence-electron chi connectivity index (χ4n) is 1.56. The van der Waals surface area contributed by atoms with Crippen LogP contribution in [0.1, 0.15) is 26.7 Å². The van der Waals surface area contributed by atoms with Gasteiger partial charge in [-0.1, -0.05) is 5.92 Å². The number of nitrogens with zero attached hydrogens (tertiary/aromatic N) is 2. The molecule has 0 unspecified atom stereocenters. The molecule has 1 aromatic rings. The van der Waals surface area contributed by atoms with E-state index in [9.17, 15) is 4.79 Å². The summed E-state index contributed by atoms with van der Waals surface area (Å²) < 4.78 is 7.16. The summed E-state index contributed by atoms with van der Waals surface area (Å²) in [6, 6.07) is 0. The third-order valence-corrected chi connectivity index (χ3v) is 3.33. The topological polar surface area (TPSA) is 56.1 Å². The van der Waals surface area contributed by atoms with Crippen LogP contribution < -0.4 is 10.9 Å². The fraction of sp³-hybridized carbons (Fsp3) is 0.571. The summed E-state index contributed by atoms with van der Waals surface area (Å²) >= 11 is 3.27. The van der Waals surface area contributed by atoms with Gasteiger partial charge in [-0.25, -0.2) is 4.68 Å². The van der Waals surface area contributed by atoms with Crippen molar-refractivity contribution in [2.24, 2.45) is 0 Å². The first kappa shape index (κ1) is 16.7. The Morgan fingerprint density at radius 2 is 2.30 bits per heavy atom. The molecule has 110 valence electrons. The molecule has 1 rings (SSSR count). The van der Waals surface area contributed by atoms with Gasteiger partial charge in [-0.2, -0.15) is 5.10 Å². The molecule has 0 aromatic carbocycles. The van der Waals surface area contributed by atoms with E-state index in [-0.39, 0.29) is 18.2 Å². The molecule has 0 aliphatic heterocycles. The van der Waals surface area contributed by atoms with Crippen molar-refractivity contribution in [1.82, 2.24) is 9.78 Å². The maximum absolute atomic E-state index is 11.9. The van der Waals surface area contributed by atoms with Gasteiger partial charge in [0.1, 0.15) is 11.0 Å². The highest BCUT2D eigenvalue weighted by Gasteiger charge is 2.07. The maximum atomic E-state index is 11.9. The summed E-state index contributed by atoms with van der Waals surface area (Å²) in [6.07, 6.45) is 8.99. The number of nitrogens with one attached hydrogen (secondary N) is 1. The van der Waals surface area contributed by atoms with E-state index < -0.39 is 0 Å². The van der Waals surface area contributed by atoms with E-state index in [2.05, 4.69) is 32.3 Å². The summed E-state index contributed by atoms with van der Waals surface area (Å²) in [5.74, 6) is 2.39. The molecule has 0 fully saturated rings. The quantitative estimate of drug-likeness (QED) is 0.582. The molecule has 0 amide bonds. The van der Waals surface area contributed by atoms with Crippen LogP contribution in [-0.4, -0.2) is 29.0 Å². The van der Waals surface area contributed by atoms with Crippen LogP contribution >= 0.6 is 15.9 Å². The van der Waals surface area contributed by atoms with Crippen molar-refractivity contribution in [1.29, 1.82) is 0 Å². The predicted octanol–water partition coefficient (Wildman–Crippen LogP) is 2.26. The number of aromatic nitrogens is 2. The molecule has 1 heterocycles. The number of hydrogen-bond acceptors (Lipinski definition) is 4. The Labute approximate surface area is 127 Å². The van der Waals surface area contributed by atoms with Crippen molar-refractivity contribution in [2.45, 2.75) is 39.3 Å². The lowest BCUT2D eigenvalue weighted by atomic mass is 10.3. The van der Waals surface area contributed by atoms with E-state index >= 15 is 0 Å². The molecule has 0 saturated heterocycles. The molecular weight excluding hydrogens is 322 g/mol. The number of hydrogen-bond donors (Lipinski definition) is 1. The van der Waals surface area contributed by atoms with Crippen LogP contribution in [0, 0.1) is 12.3 Å². The van der Waals surface area contributed by atoms with Crippen LogP contribution in [0.2, 0.25) is 0 Å². The van der Waals surface area contributed by atoms with Crippen molar-refractivity contribution in [3.63, 3.8) is 0 Å². The minimum Gasteiger partial charge on any atom is -0.383 e. The fourth-order valence-corrected chi connectivity index (χ4v) is 2.00. The first-order chi connectivity index (χ1) is 9.56. The normalized spacial score (nSPS) is 10.6. The van der Waals surface area contributed by atoms with Crippen molar-refractivity contribution >= 4 is 21.6 Å². The molecule has 0 bridgehead atoms. The van der Waals surface area contributed by atoms with Crippen LogP contribution in [0.15, 0.2) is 15.5 Å². The summed E-state index contributed by atoms with van der Waals surface area (Å²) in [5, 5.41) is 7.19. The zero-order valence-electron chi connectivity index (χ0n) is 11.9. The average Bonchev–Trinajstić information content (AvgIpc) is 2.41. The zero-order chi connectivity index (χ0) is 15.0. The van der Waals surface area contributed by atoms with Gasteiger partial charge in [-0.15, -0.1) is 6.42 Å². The van der Waals surface area contributed by atoms with Crippen molar-refractivity contribution < 1.29 is 4.74 Å². The van der Waals surface area contributed by atoms with E-state index in [1.54, 1.807) is 6.20 Å². The van der Waals surface area contributed by atoms with Gasteiger partial charge in [-0.3, -0.25) is 4.79 Å². The molecule has 0 aliphatic rings. The van der Waals surface area contributed by atoms with Gasteiger partial charge >= 0.3 is 0 Å². The largest absolute Gasteiger partial charge is 0.383 e. The third-order valence-electron chi connectivity index (χ3n) is 2.56. The zero-order valence-corrected chi connectivity index (χ0v) is 13.4. The third kappa shape index (κ3) is 5.35. The van der Waals surface area contributed by atoms with Gasteiger partial charge in [0.2, 0.25) is 0 Å². The molecule has 20 heavy (non-hydrogen) atoms. The number of anilines is 1. The smallest absolute Gasteiger partial charge is 0.284 e. The SMILES string of the molecule is C#CCn1ncc(NCCCCOC(C)C)c(Br)c1=O. The first-order valence-electron chi connectivity index (χ1n) is 6.60. The summed E-state index contributed by atoms with van der Waals surface area (Å²) in [7, 11) is 0. The Morgan fingerprint density at radius 1 is 1.55 bits per heavy atom. The van der Waals surface area contributed by atoms with E-state index in [1.165, 1.54) is 4.68 Å². The first-order valence-corrected chi connectivity index (χ1v) is 7.40. The lowest BCUT2D eigenvalue weighted by Crippen LogP contribution is -2.24. The Balaban J connectivity index is 2.44. The molecule has 1 aromatic heterocycles. The second kappa shape index (κ2) is 8.77. The second-order valence-electron chi connectivity index (χ2n) is 4.59. The van der Waals surface area contributed by atoms with Gasteiger partial charge < -0.3 is 10.1 Å². The van der Waals surface area contributed by atoms with Crippen molar-refractivity contribution in [3.8, 4) is 12.3 Å². The van der Waals surface area contributed by atoms with Crippen molar-refractivity contribution in [2.75, 3.05) is 18.5 Å². The molecular formula is C14H20BrN3O2. The second-order valence-corrected chi connectivity index (χ2v) is 5.39. The molecule has 5 nitrogen and oxygen atoms in total. The van der Waals surface area contributed by atoms with Crippen LogP contribution in [0.25, 0.3) is 0 Å². The van der Waals surface area contributed by atoms with Gasteiger partial charge in [0.25, 0.3) is 5.56 Å². The Hall–Kier alpha value is -1.32. The number of unbranched alkanes of at least 4 members (excludes halogenated alkanes) is 1. The molecule has 0 spiro atoms. The molecule has 0 radical (unpaired) electrons. The van der Waals surface area contributed by atoms with Crippen LogP contribution in [-0.2, 0) is 11.3 Å². The Kier molecular flexibility index (Phi) is 7.34. The molecule has 1 N–H and O–H groups in total. The van der Waals surface area contributed by atoms with E-state index in [4.69, 9.17) is 11.2 Å². The minimum atomic E-state index is -0.226. The van der Waals surface area contributed by atoms with Gasteiger partial charge in [0.15, 0.2) is 0 Å².